The number of alkyl halides is 3. The number of aryl methyl sites for hydroxylation is 1. The van der Waals surface area contributed by atoms with Crippen LogP contribution in [0.2, 0.25) is 0 Å². The molecule has 0 amide bonds. The predicted molar refractivity (Wildman–Crippen MR) is 55.3 cm³/mol. The quantitative estimate of drug-likeness (QED) is 0.838. The van der Waals surface area contributed by atoms with E-state index in [-0.39, 0.29) is 5.75 Å². The van der Waals surface area contributed by atoms with Crippen LogP contribution in [0.1, 0.15) is 12.5 Å². The van der Waals surface area contributed by atoms with E-state index in [0.29, 0.717) is 5.56 Å². The summed E-state index contributed by atoms with van der Waals surface area (Å²) in [5, 5.41) is 0. The Morgan fingerprint density at radius 1 is 1.29 bits per heavy atom. The molecule has 1 aromatic carbocycles. The zero-order chi connectivity index (χ0) is 13.2. The molecule has 6 heteroatoms. The number of hydrogen-bond acceptors (Lipinski definition) is 2. The summed E-state index contributed by atoms with van der Waals surface area (Å²) < 4.78 is 55.4. The van der Waals surface area contributed by atoms with Crippen molar-refractivity contribution >= 4 is 0 Å². The van der Waals surface area contributed by atoms with Gasteiger partial charge in [-0.15, -0.1) is 0 Å². The number of benzene rings is 1. The number of halogens is 4. The summed E-state index contributed by atoms with van der Waals surface area (Å²) in [6, 6.07) is 2.17. The molecule has 96 valence electrons. The third kappa shape index (κ3) is 3.59. The van der Waals surface area contributed by atoms with Crippen molar-refractivity contribution in [3.63, 3.8) is 0 Å². The number of hydrogen-bond donors (Lipinski definition) is 1. The summed E-state index contributed by atoms with van der Waals surface area (Å²) in [6.07, 6.45) is -6.74. The zero-order valence-electron chi connectivity index (χ0n) is 9.38. The Kier molecular flexibility index (Phi) is 3.98. The molecule has 2 atom stereocenters. The minimum Gasteiger partial charge on any atom is -0.479 e. The van der Waals surface area contributed by atoms with Crippen LogP contribution in [0.4, 0.5) is 17.6 Å². The van der Waals surface area contributed by atoms with Gasteiger partial charge in [-0.3, -0.25) is 0 Å². The third-order valence-electron chi connectivity index (χ3n) is 2.20. The second kappa shape index (κ2) is 4.91. The Balaban J connectivity index is 2.98. The van der Waals surface area contributed by atoms with Gasteiger partial charge in [0.2, 0.25) is 6.10 Å². The van der Waals surface area contributed by atoms with Crippen LogP contribution < -0.4 is 10.5 Å². The van der Waals surface area contributed by atoms with E-state index >= 15 is 0 Å². The monoisotopic (exact) mass is 251 g/mol. The first-order valence-electron chi connectivity index (χ1n) is 4.97. The lowest BCUT2D eigenvalue weighted by molar-refractivity contribution is -0.199. The van der Waals surface area contributed by atoms with Gasteiger partial charge in [-0.25, -0.2) is 4.39 Å². The maximum Gasteiger partial charge on any atom is 0.426 e. The van der Waals surface area contributed by atoms with Crippen molar-refractivity contribution in [2.45, 2.75) is 32.2 Å². The first kappa shape index (κ1) is 13.8. The molecule has 0 spiro atoms. The topological polar surface area (TPSA) is 35.2 Å². The molecule has 1 rings (SSSR count). The predicted octanol–water partition coefficient (Wildman–Crippen LogP) is 2.79. The molecule has 0 aliphatic carbocycles. The van der Waals surface area contributed by atoms with E-state index in [4.69, 9.17) is 10.5 Å². The summed E-state index contributed by atoms with van der Waals surface area (Å²) in [5.74, 6) is -0.805. The van der Waals surface area contributed by atoms with Crippen LogP contribution in [0.3, 0.4) is 0 Å². The highest BCUT2D eigenvalue weighted by atomic mass is 19.4. The molecule has 1 aromatic rings. The highest BCUT2D eigenvalue weighted by Crippen LogP contribution is 2.29. The van der Waals surface area contributed by atoms with Crippen molar-refractivity contribution in [3.8, 4) is 5.75 Å². The molecule has 0 saturated carbocycles. The largest absolute Gasteiger partial charge is 0.479 e. The lowest BCUT2D eigenvalue weighted by Gasteiger charge is -2.25. The molecule has 0 bridgehead atoms. The van der Waals surface area contributed by atoms with Crippen molar-refractivity contribution in [1.29, 1.82) is 0 Å². The van der Waals surface area contributed by atoms with Crippen molar-refractivity contribution in [1.82, 2.24) is 0 Å². The van der Waals surface area contributed by atoms with Gasteiger partial charge in [-0.1, -0.05) is 6.07 Å². The fourth-order valence-electron chi connectivity index (χ4n) is 1.31. The van der Waals surface area contributed by atoms with Crippen LogP contribution >= 0.6 is 0 Å². The molecule has 0 aromatic heterocycles. The van der Waals surface area contributed by atoms with E-state index in [0.717, 1.165) is 12.1 Å². The van der Waals surface area contributed by atoms with E-state index < -0.39 is 24.1 Å². The summed E-state index contributed by atoms with van der Waals surface area (Å²) in [6.45, 7) is 2.72. The Hall–Kier alpha value is -1.30. The van der Waals surface area contributed by atoms with E-state index in [2.05, 4.69) is 0 Å². The van der Waals surface area contributed by atoms with Crippen molar-refractivity contribution < 1.29 is 22.3 Å². The first-order chi connectivity index (χ1) is 7.71. The second-order valence-corrected chi connectivity index (χ2v) is 3.85. The fraction of sp³-hybridized carbons (Fsp3) is 0.455. The molecular weight excluding hydrogens is 238 g/mol. The molecule has 0 aliphatic heterocycles. The Labute approximate surface area is 96.4 Å². The maximum atomic E-state index is 12.9. The minimum absolute atomic E-state index is 0.148. The van der Waals surface area contributed by atoms with Gasteiger partial charge in [-0.05, 0) is 25.5 Å². The van der Waals surface area contributed by atoms with E-state index in [1.54, 1.807) is 0 Å². The van der Waals surface area contributed by atoms with Crippen molar-refractivity contribution in [2.75, 3.05) is 0 Å². The summed E-state index contributed by atoms with van der Waals surface area (Å²) >= 11 is 0. The van der Waals surface area contributed by atoms with Crippen LogP contribution in [-0.2, 0) is 0 Å². The van der Waals surface area contributed by atoms with Crippen LogP contribution in [0.25, 0.3) is 0 Å². The van der Waals surface area contributed by atoms with Crippen LogP contribution in [0.15, 0.2) is 18.2 Å². The number of nitrogens with two attached hydrogens (primary N) is 1. The lowest BCUT2D eigenvalue weighted by Crippen LogP contribution is -2.47. The van der Waals surface area contributed by atoms with E-state index in [1.165, 1.54) is 19.9 Å². The molecular formula is C11H13F4NO. The molecule has 0 radical (unpaired) electrons. The van der Waals surface area contributed by atoms with Crippen molar-refractivity contribution in [3.05, 3.63) is 29.6 Å². The molecule has 0 saturated heterocycles. The number of ether oxygens (including phenoxy) is 1. The third-order valence-corrected chi connectivity index (χ3v) is 2.20. The summed E-state index contributed by atoms with van der Waals surface area (Å²) in [7, 11) is 0. The standard InChI is InChI=1S/C11H13F4NO/c1-6-3-4-8(12)5-9(6)17-10(7(2)16)11(13,14)15/h3-5,7,10H,16H2,1-2H3. The fourth-order valence-corrected chi connectivity index (χ4v) is 1.31. The molecule has 0 fully saturated rings. The van der Waals surface area contributed by atoms with Gasteiger partial charge < -0.3 is 10.5 Å². The first-order valence-corrected chi connectivity index (χ1v) is 4.97. The molecule has 17 heavy (non-hydrogen) atoms. The van der Waals surface area contributed by atoms with Gasteiger partial charge in [0.1, 0.15) is 11.6 Å². The van der Waals surface area contributed by atoms with Gasteiger partial charge in [0.05, 0.1) is 0 Å². The smallest absolute Gasteiger partial charge is 0.426 e. The van der Waals surface area contributed by atoms with Gasteiger partial charge in [0.25, 0.3) is 0 Å². The summed E-state index contributed by atoms with van der Waals surface area (Å²) in [5.41, 5.74) is 5.64. The highest BCUT2D eigenvalue weighted by molar-refractivity contribution is 5.33. The molecule has 0 heterocycles. The average Bonchev–Trinajstić information content (AvgIpc) is 2.17. The van der Waals surface area contributed by atoms with Crippen LogP contribution in [0.5, 0.6) is 5.75 Å². The van der Waals surface area contributed by atoms with E-state index in [1.807, 2.05) is 0 Å². The molecule has 2 nitrogen and oxygen atoms in total. The molecule has 2 N–H and O–H groups in total. The Bertz CT molecular complexity index is 390. The van der Waals surface area contributed by atoms with Gasteiger partial charge in [-0.2, -0.15) is 13.2 Å². The average molecular weight is 251 g/mol. The van der Waals surface area contributed by atoms with Crippen LogP contribution in [0, 0.1) is 12.7 Å². The molecule has 2 unspecified atom stereocenters. The van der Waals surface area contributed by atoms with Crippen LogP contribution in [-0.4, -0.2) is 18.3 Å². The Morgan fingerprint density at radius 2 is 1.88 bits per heavy atom. The number of rotatable bonds is 3. The minimum atomic E-state index is -4.59. The molecule has 0 aliphatic rings. The maximum absolute atomic E-state index is 12.9. The summed E-state index contributed by atoms with van der Waals surface area (Å²) in [4.78, 5) is 0. The zero-order valence-corrected chi connectivity index (χ0v) is 9.38. The second-order valence-electron chi connectivity index (χ2n) is 3.85. The Morgan fingerprint density at radius 3 is 2.35 bits per heavy atom. The normalized spacial score (nSPS) is 15.5. The van der Waals surface area contributed by atoms with Crippen molar-refractivity contribution in [2.24, 2.45) is 5.73 Å². The SMILES string of the molecule is Cc1ccc(F)cc1OC(C(C)N)C(F)(F)F. The lowest BCUT2D eigenvalue weighted by atomic mass is 10.1. The van der Waals surface area contributed by atoms with Gasteiger partial charge in [0.15, 0.2) is 0 Å². The highest BCUT2D eigenvalue weighted by Gasteiger charge is 2.44. The van der Waals surface area contributed by atoms with Gasteiger partial charge >= 0.3 is 6.18 Å². The van der Waals surface area contributed by atoms with E-state index in [9.17, 15) is 17.6 Å². The van der Waals surface area contributed by atoms with Gasteiger partial charge in [0, 0.05) is 12.1 Å².